The molecule has 0 aliphatic carbocycles. The van der Waals surface area contributed by atoms with Gasteiger partial charge < -0.3 is 5.73 Å². The molecule has 3 rings (SSSR count). The Morgan fingerprint density at radius 3 is 2.38 bits per heavy atom. The van der Waals surface area contributed by atoms with Gasteiger partial charge in [-0.2, -0.15) is 5.26 Å². The first-order chi connectivity index (χ1) is 11.6. The molecule has 0 bridgehead atoms. The lowest BCUT2D eigenvalue weighted by atomic mass is 9.94. The summed E-state index contributed by atoms with van der Waals surface area (Å²) in [5.41, 5.74) is 7.87. The number of hydrogen-bond donors (Lipinski definition) is 1. The van der Waals surface area contributed by atoms with Gasteiger partial charge >= 0.3 is 0 Å². The quantitative estimate of drug-likeness (QED) is 0.413. The van der Waals surface area contributed by atoms with Gasteiger partial charge in [0.05, 0.1) is 21.8 Å². The van der Waals surface area contributed by atoms with Crippen LogP contribution in [0.4, 0.5) is 5.69 Å². The van der Waals surface area contributed by atoms with Crippen LogP contribution in [-0.4, -0.2) is 12.0 Å². The van der Waals surface area contributed by atoms with Crippen LogP contribution in [-0.2, 0) is 0 Å². The molecule has 0 saturated carbocycles. The van der Waals surface area contributed by atoms with Crippen molar-refractivity contribution in [2.45, 2.75) is 4.90 Å². The summed E-state index contributed by atoms with van der Waals surface area (Å²) in [6.45, 7) is 0. The summed E-state index contributed by atoms with van der Waals surface area (Å²) < 4.78 is 0. The van der Waals surface area contributed by atoms with Crippen molar-refractivity contribution in [1.82, 2.24) is 0 Å². The van der Waals surface area contributed by atoms with Crippen molar-refractivity contribution in [3.63, 3.8) is 0 Å². The van der Waals surface area contributed by atoms with E-state index in [1.165, 1.54) is 11.8 Å². The number of fused-ring (bicyclic) bond motifs is 1. The maximum atomic E-state index is 13.1. The molecule has 0 aliphatic heterocycles. The lowest BCUT2D eigenvalue weighted by molar-refractivity contribution is 0.103. The monoisotopic (exact) mass is 352 g/mol. The Morgan fingerprint density at radius 1 is 1.12 bits per heavy atom. The van der Waals surface area contributed by atoms with Gasteiger partial charge in [-0.15, -0.1) is 11.8 Å². The van der Waals surface area contributed by atoms with Gasteiger partial charge in [-0.05, 0) is 18.4 Å². The maximum absolute atomic E-state index is 13.1. The van der Waals surface area contributed by atoms with Gasteiger partial charge in [0.15, 0.2) is 5.78 Å². The molecule has 3 aromatic carbocycles. The Morgan fingerprint density at radius 2 is 1.75 bits per heavy atom. The van der Waals surface area contributed by atoms with Crippen LogP contribution in [0.3, 0.4) is 0 Å². The van der Waals surface area contributed by atoms with Gasteiger partial charge in [0.25, 0.3) is 0 Å². The second-order valence-corrected chi connectivity index (χ2v) is 6.39. The lowest BCUT2D eigenvalue weighted by Crippen LogP contribution is -2.10. The number of rotatable bonds is 3. The maximum Gasteiger partial charge on any atom is 0.197 e. The number of nitrogens with zero attached hydrogens (tertiary/aromatic N) is 1. The van der Waals surface area contributed by atoms with Gasteiger partial charge in [0, 0.05) is 21.2 Å². The first-order valence-corrected chi connectivity index (χ1v) is 8.78. The molecular weight excluding hydrogens is 340 g/mol. The minimum atomic E-state index is -0.273. The third-order valence-electron chi connectivity index (χ3n) is 3.87. The zero-order chi connectivity index (χ0) is 17.3. The molecule has 24 heavy (non-hydrogen) atoms. The highest BCUT2D eigenvalue weighted by atomic mass is 35.5. The number of nitrogens with two attached hydrogens (primary N) is 1. The Bertz CT molecular complexity index is 1010. The molecule has 0 radical (unpaired) electrons. The van der Waals surface area contributed by atoms with Gasteiger partial charge in [-0.25, -0.2) is 0 Å². The zero-order valence-corrected chi connectivity index (χ0v) is 14.4. The number of thioether (sulfide) groups is 1. The van der Waals surface area contributed by atoms with Gasteiger partial charge in [0.1, 0.15) is 6.07 Å². The SMILES string of the molecule is CSc1c(C(=O)c2ccccc2Cl)c(N)c2ccccc2c1C#N. The van der Waals surface area contributed by atoms with Crippen LogP contribution in [0, 0.1) is 11.3 Å². The van der Waals surface area contributed by atoms with Crippen LogP contribution >= 0.6 is 23.4 Å². The van der Waals surface area contributed by atoms with Crippen LogP contribution in [0.25, 0.3) is 10.8 Å². The van der Waals surface area contributed by atoms with E-state index >= 15 is 0 Å². The number of carbonyl (C=O) groups is 1. The van der Waals surface area contributed by atoms with Crippen LogP contribution in [0.1, 0.15) is 21.5 Å². The first-order valence-electron chi connectivity index (χ1n) is 7.17. The number of nitrogen functional groups attached to an aromatic ring is 1. The van der Waals surface area contributed by atoms with Crippen molar-refractivity contribution < 1.29 is 4.79 Å². The summed E-state index contributed by atoms with van der Waals surface area (Å²) in [6.07, 6.45) is 1.83. The van der Waals surface area contributed by atoms with Gasteiger partial charge in [-0.1, -0.05) is 48.0 Å². The number of carbonyl (C=O) groups excluding carboxylic acids is 1. The molecule has 3 nitrogen and oxygen atoms in total. The number of benzene rings is 3. The Hall–Kier alpha value is -2.48. The summed E-state index contributed by atoms with van der Waals surface area (Å²) in [5.74, 6) is -0.273. The van der Waals surface area contributed by atoms with Crippen LogP contribution in [0.15, 0.2) is 53.4 Å². The highest BCUT2D eigenvalue weighted by Gasteiger charge is 2.24. The summed E-state index contributed by atoms with van der Waals surface area (Å²) in [5, 5.41) is 11.4. The van der Waals surface area contributed by atoms with E-state index in [2.05, 4.69) is 6.07 Å². The topological polar surface area (TPSA) is 66.9 Å². The fraction of sp³-hybridized carbons (Fsp3) is 0.0526. The third-order valence-corrected chi connectivity index (χ3v) is 5.02. The second kappa shape index (κ2) is 6.56. The Balaban J connectivity index is 2.40. The summed E-state index contributed by atoms with van der Waals surface area (Å²) in [7, 11) is 0. The number of ketones is 1. The molecule has 0 aromatic heterocycles. The average Bonchev–Trinajstić information content (AvgIpc) is 2.61. The number of nitriles is 1. The largest absolute Gasteiger partial charge is 0.398 e. The van der Waals surface area contributed by atoms with Gasteiger partial charge in [0.2, 0.25) is 0 Å². The predicted octanol–water partition coefficient (Wildman–Crippen LogP) is 4.90. The molecule has 0 spiro atoms. The van der Waals surface area contributed by atoms with Crippen LogP contribution < -0.4 is 5.73 Å². The van der Waals surface area contributed by atoms with Gasteiger partial charge in [-0.3, -0.25) is 4.79 Å². The fourth-order valence-corrected chi connectivity index (χ4v) is 3.75. The Labute approximate surface area is 149 Å². The van der Waals surface area contributed by atoms with E-state index in [1.807, 2.05) is 30.5 Å². The second-order valence-electron chi connectivity index (χ2n) is 5.16. The highest BCUT2D eigenvalue weighted by molar-refractivity contribution is 7.98. The van der Waals surface area contributed by atoms with Crippen molar-refractivity contribution in [1.29, 1.82) is 5.26 Å². The highest BCUT2D eigenvalue weighted by Crippen LogP contribution is 2.39. The number of halogens is 1. The summed E-state index contributed by atoms with van der Waals surface area (Å²) >= 11 is 7.51. The van der Waals surface area contributed by atoms with Crippen molar-refractivity contribution in [3.05, 3.63) is 70.2 Å². The molecule has 0 saturated heterocycles. The van der Waals surface area contributed by atoms with Crippen LogP contribution in [0.5, 0.6) is 0 Å². The van der Waals surface area contributed by atoms with Crippen molar-refractivity contribution in [3.8, 4) is 6.07 Å². The average molecular weight is 353 g/mol. The van der Waals surface area contributed by atoms with E-state index in [1.54, 1.807) is 24.3 Å². The molecule has 0 atom stereocenters. The molecule has 0 fully saturated rings. The van der Waals surface area contributed by atoms with E-state index in [4.69, 9.17) is 17.3 Å². The molecule has 0 amide bonds. The zero-order valence-electron chi connectivity index (χ0n) is 12.8. The molecule has 0 aliphatic rings. The minimum Gasteiger partial charge on any atom is -0.398 e. The molecule has 118 valence electrons. The van der Waals surface area contributed by atoms with E-state index < -0.39 is 0 Å². The van der Waals surface area contributed by atoms with Crippen molar-refractivity contribution in [2.24, 2.45) is 0 Å². The molecule has 2 N–H and O–H groups in total. The normalized spacial score (nSPS) is 10.5. The number of anilines is 1. The third kappa shape index (κ3) is 2.52. The minimum absolute atomic E-state index is 0.273. The van der Waals surface area contributed by atoms with E-state index in [-0.39, 0.29) is 5.78 Å². The molecule has 3 aromatic rings. The first kappa shape index (κ1) is 16.4. The predicted molar refractivity (Wildman–Crippen MR) is 99.7 cm³/mol. The van der Waals surface area contributed by atoms with Crippen molar-refractivity contribution in [2.75, 3.05) is 12.0 Å². The van der Waals surface area contributed by atoms with E-state index in [0.717, 1.165) is 5.39 Å². The molecule has 0 unspecified atom stereocenters. The molecule has 0 heterocycles. The summed E-state index contributed by atoms with van der Waals surface area (Å²) in [6, 6.07) is 16.4. The van der Waals surface area contributed by atoms with Crippen molar-refractivity contribution >= 4 is 45.6 Å². The number of hydrogen-bond acceptors (Lipinski definition) is 4. The Kier molecular flexibility index (Phi) is 4.48. The van der Waals surface area contributed by atoms with E-state index in [9.17, 15) is 10.1 Å². The fourth-order valence-electron chi connectivity index (χ4n) is 2.76. The lowest BCUT2D eigenvalue weighted by Gasteiger charge is -2.16. The van der Waals surface area contributed by atoms with Crippen LogP contribution in [0.2, 0.25) is 5.02 Å². The molecular formula is C19H13ClN2OS. The molecule has 5 heteroatoms. The van der Waals surface area contributed by atoms with E-state index in [0.29, 0.717) is 37.7 Å². The smallest absolute Gasteiger partial charge is 0.197 e. The summed E-state index contributed by atoms with van der Waals surface area (Å²) in [4.78, 5) is 13.7. The standard InChI is InChI=1S/C19H13ClN2OS/c1-24-19-14(10-21)11-6-2-3-7-12(11)17(22)16(19)18(23)13-8-4-5-9-15(13)20/h2-9H,22H2,1H3.